The molecule has 1 aromatic rings. The molecule has 0 spiro atoms. The third-order valence-corrected chi connectivity index (χ3v) is 3.53. The second-order valence-corrected chi connectivity index (χ2v) is 4.92. The van der Waals surface area contributed by atoms with Crippen molar-refractivity contribution in [1.29, 1.82) is 5.26 Å². The van der Waals surface area contributed by atoms with Crippen LogP contribution < -0.4 is 5.32 Å². The molecule has 1 saturated heterocycles. The van der Waals surface area contributed by atoms with Crippen LogP contribution in [0.3, 0.4) is 0 Å². The number of carbonyl (C=O) groups is 1. The molecule has 0 radical (unpaired) electrons. The quantitative estimate of drug-likeness (QED) is 0.673. The zero-order valence-electron chi connectivity index (χ0n) is 11.7. The number of rotatable bonds is 4. The highest BCUT2D eigenvalue weighted by molar-refractivity contribution is 5.76. The number of amides is 1. The van der Waals surface area contributed by atoms with Gasteiger partial charge in [-0.05, 0) is 18.6 Å². The van der Waals surface area contributed by atoms with Crippen LogP contribution >= 0.6 is 0 Å². The Hall–Kier alpha value is -2.62. The van der Waals surface area contributed by atoms with E-state index in [0.717, 1.165) is 6.42 Å². The van der Waals surface area contributed by atoms with Crippen LogP contribution in [0, 0.1) is 21.4 Å². The lowest BCUT2D eigenvalue weighted by molar-refractivity contribution is -0.384. The Balaban J connectivity index is 2.12. The average molecular weight is 288 g/mol. The van der Waals surface area contributed by atoms with E-state index < -0.39 is 4.92 Å². The molecule has 1 aliphatic rings. The van der Waals surface area contributed by atoms with E-state index in [1.54, 1.807) is 17.0 Å². The van der Waals surface area contributed by atoms with E-state index in [1.807, 2.05) is 13.0 Å². The van der Waals surface area contributed by atoms with Crippen LogP contribution in [0.15, 0.2) is 18.2 Å². The van der Waals surface area contributed by atoms with E-state index in [-0.39, 0.29) is 23.2 Å². The highest BCUT2D eigenvalue weighted by Crippen LogP contribution is 2.27. The van der Waals surface area contributed by atoms with Crippen LogP contribution in [0.5, 0.6) is 0 Å². The molecule has 21 heavy (non-hydrogen) atoms. The molecule has 110 valence electrons. The van der Waals surface area contributed by atoms with Crippen molar-refractivity contribution < 1.29 is 9.72 Å². The van der Waals surface area contributed by atoms with Crippen LogP contribution in [0.1, 0.15) is 25.3 Å². The van der Waals surface area contributed by atoms with Gasteiger partial charge in [0, 0.05) is 31.6 Å². The van der Waals surface area contributed by atoms with Crippen molar-refractivity contribution in [2.24, 2.45) is 0 Å². The number of nitrogens with one attached hydrogen (secondary N) is 1. The highest BCUT2D eigenvalue weighted by Gasteiger charge is 2.27. The number of nitro benzene ring substituents is 1. The number of likely N-dealkylation sites (tertiary alicyclic amines) is 1. The second kappa shape index (κ2) is 6.22. The Morgan fingerprint density at radius 1 is 1.62 bits per heavy atom. The van der Waals surface area contributed by atoms with Gasteiger partial charge < -0.3 is 10.2 Å². The maximum absolute atomic E-state index is 11.6. The molecule has 0 saturated carbocycles. The molecular weight excluding hydrogens is 272 g/mol. The maximum Gasteiger partial charge on any atom is 0.293 e. The molecule has 1 unspecified atom stereocenters. The Morgan fingerprint density at radius 3 is 3.00 bits per heavy atom. The fourth-order valence-corrected chi connectivity index (χ4v) is 2.42. The topological polar surface area (TPSA) is 99.3 Å². The van der Waals surface area contributed by atoms with E-state index in [2.05, 4.69) is 5.32 Å². The number of nitro groups is 1. The zero-order chi connectivity index (χ0) is 15.4. The van der Waals surface area contributed by atoms with Gasteiger partial charge in [0.15, 0.2) is 0 Å². The van der Waals surface area contributed by atoms with Gasteiger partial charge in [-0.2, -0.15) is 5.26 Å². The first-order valence-electron chi connectivity index (χ1n) is 6.78. The molecule has 1 atom stereocenters. The first kappa shape index (κ1) is 14.8. The summed E-state index contributed by atoms with van der Waals surface area (Å²) in [6, 6.07) is 6.22. The summed E-state index contributed by atoms with van der Waals surface area (Å²) in [7, 11) is 0. The van der Waals surface area contributed by atoms with Crippen molar-refractivity contribution in [2.45, 2.75) is 25.8 Å². The Morgan fingerprint density at radius 2 is 2.38 bits per heavy atom. The van der Waals surface area contributed by atoms with Crippen LogP contribution in [0.4, 0.5) is 11.4 Å². The SMILES string of the molecule is CCC(=O)N1CCC(Nc2ccc(C#N)cc2[N+](=O)[O-])C1. The van der Waals surface area contributed by atoms with Crippen LogP contribution in [0.25, 0.3) is 0 Å². The third kappa shape index (κ3) is 3.28. The van der Waals surface area contributed by atoms with Gasteiger partial charge in [0.2, 0.25) is 5.91 Å². The summed E-state index contributed by atoms with van der Waals surface area (Å²) in [5, 5.41) is 23.0. The summed E-state index contributed by atoms with van der Waals surface area (Å²) in [6.45, 7) is 3.02. The minimum Gasteiger partial charge on any atom is -0.375 e. The van der Waals surface area contributed by atoms with E-state index in [0.29, 0.717) is 25.2 Å². The minimum atomic E-state index is -0.507. The van der Waals surface area contributed by atoms with Gasteiger partial charge in [0.05, 0.1) is 16.6 Å². The van der Waals surface area contributed by atoms with Gasteiger partial charge in [-0.15, -0.1) is 0 Å². The molecule has 1 aliphatic heterocycles. The standard InChI is InChI=1S/C14H16N4O3/c1-2-14(19)17-6-5-11(9-17)16-12-4-3-10(8-15)7-13(12)18(20)21/h3-4,7,11,16H,2,5-6,9H2,1H3. The molecule has 1 aromatic carbocycles. The number of carbonyl (C=O) groups excluding carboxylic acids is 1. The molecule has 2 rings (SSSR count). The van der Waals surface area contributed by atoms with Crippen LogP contribution in [0.2, 0.25) is 0 Å². The summed E-state index contributed by atoms with van der Waals surface area (Å²) in [4.78, 5) is 23.9. The fraction of sp³-hybridized carbons (Fsp3) is 0.429. The van der Waals surface area contributed by atoms with Gasteiger partial charge in [-0.3, -0.25) is 14.9 Å². The zero-order valence-corrected chi connectivity index (χ0v) is 11.7. The third-order valence-electron chi connectivity index (χ3n) is 3.53. The van der Waals surface area contributed by atoms with Crippen LogP contribution in [-0.4, -0.2) is 34.9 Å². The lowest BCUT2D eigenvalue weighted by Gasteiger charge is -2.17. The second-order valence-electron chi connectivity index (χ2n) is 4.92. The maximum atomic E-state index is 11.6. The van der Waals surface area contributed by atoms with Crippen molar-refractivity contribution in [3.63, 3.8) is 0 Å². The molecular formula is C14H16N4O3. The average Bonchev–Trinajstić information content (AvgIpc) is 2.95. The van der Waals surface area contributed by atoms with Crippen molar-refractivity contribution in [3.05, 3.63) is 33.9 Å². The molecule has 0 aromatic heterocycles. The predicted molar refractivity (Wildman–Crippen MR) is 76.7 cm³/mol. The van der Waals surface area contributed by atoms with Crippen molar-refractivity contribution in [1.82, 2.24) is 4.90 Å². The Labute approximate surface area is 122 Å². The van der Waals surface area contributed by atoms with E-state index in [1.165, 1.54) is 6.07 Å². The monoisotopic (exact) mass is 288 g/mol. The van der Waals surface area contributed by atoms with E-state index in [9.17, 15) is 14.9 Å². The van der Waals surface area contributed by atoms with E-state index >= 15 is 0 Å². The molecule has 0 bridgehead atoms. The largest absolute Gasteiger partial charge is 0.375 e. The van der Waals surface area contributed by atoms with Gasteiger partial charge in [0.1, 0.15) is 5.69 Å². The summed E-state index contributed by atoms with van der Waals surface area (Å²) >= 11 is 0. The smallest absolute Gasteiger partial charge is 0.293 e. The Kier molecular flexibility index (Phi) is 4.38. The lowest BCUT2D eigenvalue weighted by Crippen LogP contribution is -2.31. The molecule has 1 heterocycles. The summed E-state index contributed by atoms with van der Waals surface area (Å²) in [5.74, 6) is 0.0913. The summed E-state index contributed by atoms with van der Waals surface area (Å²) in [6.07, 6.45) is 1.21. The first-order chi connectivity index (χ1) is 10.0. The molecule has 1 fully saturated rings. The molecule has 7 nitrogen and oxygen atoms in total. The number of hydrogen-bond acceptors (Lipinski definition) is 5. The van der Waals surface area contributed by atoms with Gasteiger partial charge >= 0.3 is 0 Å². The normalized spacial score (nSPS) is 17.3. The Bertz CT molecular complexity index is 609. The predicted octanol–water partition coefficient (Wildman–Crippen LogP) is 1.89. The molecule has 1 amide bonds. The summed E-state index contributed by atoms with van der Waals surface area (Å²) in [5.41, 5.74) is 0.519. The molecule has 7 heteroatoms. The van der Waals surface area contributed by atoms with Gasteiger partial charge in [-0.1, -0.05) is 6.92 Å². The number of nitriles is 1. The number of nitrogens with zero attached hydrogens (tertiary/aromatic N) is 3. The number of hydrogen-bond donors (Lipinski definition) is 1. The molecule has 0 aliphatic carbocycles. The van der Waals surface area contributed by atoms with Crippen molar-refractivity contribution in [2.75, 3.05) is 18.4 Å². The van der Waals surface area contributed by atoms with Crippen LogP contribution in [-0.2, 0) is 4.79 Å². The highest BCUT2D eigenvalue weighted by atomic mass is 16.6. The summed E-state index contributed by atoms with van der Waals surface area (Å²) < 4.78 is 0. The molecule has 1 N–H and O–H groups in total. The van der Waals surface area contributed by atoms with Crippen molar-refractivity contribution in [3.8, 4) is 6.07 Å². The first-order valence-corrected chi connectivity index (χ1v) is 6.78. The lowest BCUT2D eigenvalue weighted by atomic mass is 10.1. The number of anilines is 1. The fourth-order valence-electron chi connectivity index (χ4n) is 2.42. The van der Waals surface area contributed by atoms with Crippen molar-refractivity contribution >= 4 is 17.3 Å². The van der Waals surface area contributed by atoms with Gasteiger partial charge in [-0.25, -0.2) is 0 Å². The van der Waals surface area contributed by atoms with Gasteiger partial charge in [0.25, 0.3) is 5.69 Å². The minimum absolute atomic E-state index is 0.00728. The van der Waals surface area contributed by atoms with E-state index in [4.69, 9.17) is 5.26 Å². The number of benzene rings is 1.